The van der Waals surface area contributed by atoms with Gasteiger partial charge in [0, 0.05) is 61.5 Å². The molecule has 4 N–H and O–H groups in total. The second-order valence-electron chi connectivity index (χ2n) is 24.0. The number of hydrogen-bond donors (Lipinski definition) is 3. The molecule has 0 rings (SSSR count). The second kappa shape index (κ2) is 35.2. The van der Waals surface area contributed by atoms with E-state index in [9.17, 15) is 43.2 Å². The molecular formula is C59H105N9O13. The fourth-order valence-corrected chi connectivity index (χ4v) is 9.69. The highest BCUT2D eigenvalue weighted by Crippen LogP contribution is 2.27. The number of esters is 2. The molecule has 11 atom stereocenters. The summed E-state index contributed by atoms with van der Waals surface area (Å²) in [6, 6.07) is -9.05. The Morgan fingerprint density at radius 1 is 0.556 bits per heavy atom. The minimum Gasteiger partial charge on any atom is -0.468 e. The predicted octanol–water partition coefficient (Wildman–Crippen LogP) is 4.06. The minimum absolute atomic E-state index is 0.0443. The number of likely N-dealkylation sites (N-methyl/N-ethyl adjacent to an activating group) is 6. The number of amides is 8. The van der Waals surface area contributed by atoms with Crippen molar-refractivity contribution >= 4 is 65.0 Å². The van der Waals surface area contributed by atoms with Crippen molar-refractivity contribution in [2.24, 2.45) is 47.2 Å². The lowest BCUT2D eigenvalue weighted by molar-refractivity contribution is -0.164. The Hall–Kier alpha value is -5.93. The Morgan fingerprint density at radius 3 is 1.44 bits per heavy atom. The van der Waals surface area contributed by atoms with Crippen LogP contribution < -0.4 is 16.4 Å². The zero-order valence-electron chi connectivity index (χ0n) is 53.4. The third-order valence-corrected chi connectivity index (χ3v) is 14.8. The molecule has 0 heterocycles. The van der Waals surface area contributed by atoms with Gasteiger partial charge in [0.1, 0.15) is 48.9 Å². The van der Waals surface area contributed by atoms with Crippen LogP contribution in [-0.4, -0.2) is 205 Å². The molecule has 8 amide bonds. The number of nitrogens with one attached hydrogen (secondary N) is 2. The molecule has 0 saturated carbocycles. The van der Waals surface area contributed by atoms with E-state index in [1.165, 1.54) is 82.8 Å². The fraction of sp³-hybridized carbons (Fsp3) is 0.780. The molecule has 0 aromatic heterocycles. The highest BCUT2D eigenvalue weighted by atomic mass is 16.5. The molecule has 0 aromatic rings. The third-order valence-electron chi connectivity index (χ3n) is 14.8. The number of rotatable bonds is 34. The van der Waals surface area contributed by atoms with E-state index < -0.39 is 132 Å². The van der Waals surface area contributed by atoms with Gasteiger partial charge in [-0.25, -0.2) is 0 Å². The van der Waals surface area contributed by atoms with Gasteiger partial charge in [-0.2, -0.15) is 0 Å². The largest absolute Gasteiger partial charge is 0.468 e. The van der Waals surface area contributed by atoms with E-state index in [2.05, 4.69) is 10.6 Å². The summed E-state index contributed by atoms with van der Waals surface area (Å²) in [6.07, 6.45) is 3.21. The van der Waals surface area contributed by atoms with Crippen molar-refractivity contribution in [1.29, 1.82) is 0 Å². The first-order valence-corrected chi connectivity index (χ1v) is 28.7. The summed E-state index contributed by atoms with van der Waals surface area (Å²) in [4.78, 5) is 161. The molecule has 0 aliphatic carbocycles. The SMILES string of the molecule is C/C=C/C[C@@H](C)[C@@H](OC(C)=O)[C@@H](C(=O)N[C@@H](CC)C(=O)N(C)CC(=O)OC)N(C)C(=O)[C@H](C(C)C)N(C)C(=O)[C@H](CC(C)C)N(C)C(=O)[C@H](CC(C)C)N(C)C(=O)[C@@H](C)NC(=O)[C@H](C)CC(=O)[C@@H](CC(C)C)N(C)C(=O)[C@@H](N)C(C)C. The normalized spacial score (nSPS) is 15.8. The number of nitrogens with two attached hydrogens (primary N) is 1. The number of nitrogens with zero attached hydrogens (tertiary/aromatic N) is 6. The Labute approximate surface area is 484 Å². The lowest BCUT2D eigenvalue weighted by Crippen LogP contribution is -2.64. The number of carbonyl (C=O) groups is 11. The van der Waals surface area contributed by atoms with Gasteiger partial charge in [0.25, 0.3) is 0 Å². The number of allylic oxidation sites excluding steroid dienone is 2. The summed E-state index contributed by atoms with van der Waals surface area (Å²) >= 11 is 0. The monoisotopic (exact) mass is 1150 g/mol. The van der Waals surface area contributed by atoms with Crippen molar-refractivity contribution in [3.63, 3.8) is 0 Å². The zero-order valence-corrected chi connectivity index (χ0v) is 53.4. The molecule has 0 bridgehead atoms. The van der Waals surface area contributed by atoms with Gasteiger partial charge in [0.2, 0.25) is 47.3 Å². The van der Waals surface area contributed by atoms with Crippen molar-refractivity contribution in [1.82, 2.24) is 40.0 Å². The molecule has 22 heteroatoms. The topological polar surface area (TPSA) is 276 Å². The van der Waals surface area contributed by atoms with E-state index in [1.807, 2.05) is 61.5 Å². The van der Waals surface area contributed by atoms with Gasteiger partial charge in [-0.1, -0.05) is 102 Å². The Kier molecular flexibility index (Phi) is 32.6. The standard InChI is InChI=1S/C59H105N9O13/c1-24-26-27-38(13)51(81-41(16)69)50(53(73)62-42(25-2)55(75)63(17)32-47(71)80-23)68(22)59(79)49(37(11)12)67(21)57(77)45(30-35(7)8)66(20)56(76)44(29-34(5)6)65(19)54(74)40(15)61-52(72)39(14)31-46(70)43(28-33(3)4)64(18)58(78)48(60)36(9)10/h24,26,33-40,42-45,48-51H,25,27-32,60H2,1-23H3,(H,61,72)(H,62,73)/b26-24+/t38-,39-,40-,42+,43-,44+,45+,48+,49+,50+,51-/m1/s1. The van der Waals surface area contributed by atoms with Crippen molar-refractivity contribution in [3.05, 3.63) is 12.2 Å². The van der Waals surface area contributed by atoms with E-state index in [1.54, 1.807) is 47.6 Å². The highest BCUT2D eigenvalue weighted by molar-refractivity contribution is 5.98. The van der Waals surface area contributed by atoms with Gasteiger partial charge in [-0.05, 0) is 81.5 Å². The van der Waals surface area contributed by atoms with E-state index in [0.29, 0.717) is 12.8 Å². The smallest absolute Gasteiger partial charge is 0.325 e. The van der Waals surface area contributed by atoms with E-state index in [0.717, 1.165) is 9.80 Å². The fourth-order valence-electron chi connectivity index (χ4n) is 9.69. The molecule has 0 aliphatic heterocycles. The number of Topliss-reactive ketones (excluding diaryl/α,β-unsaturated/α-hetero) is 1. The van der Waals surface area contributed by atoms with Crippen LogP contribution >= 0.6 is 0 Å². The first-order valence-electron chi connectivity index (χ1n) is 28.7. The molecule has 0 saturated heterocycles. The van der Waals surface area contributed by atoms with Crippen LogP contribution in [0.4, 0.5) is 0 Å². The van der Waals surface area contributed by atoms with E-state index in [-0.39, 0.29) is 61.0 Å². The molecule has 0 unspecified atom stereocenters. The maximum atomic E-state index is 15.2. The maximum Gasteiger partial charge on any atom is 0.325 e. The number of methoxy groups -OCH3 is 1. The Balaban J connectivity index is 7.20. The van der Waals surface area contributed by atoms with Crippen LogP contribution in [0.3, 0.4) is 0 Å². The van der Waals surface area contributed by atoms with Crippen LogP contribution in [-0.2, 0) is 62.2 Å². The Bertz CT molecular complexity index is 2170. The quantitative estimate of drug-likeness (QED) is 0.0606. The maximum absolute atomic E-state index is 15.2. The summed E-state index contributed by atoms with van der Waals surface area (Å²) < 4.78 is 10.6. The van der Waals surface area contributed by atoms with Crippen LogP contribution in [0, 0.1) is 41.4 Å². The Morgan fingerprint density at radius 2 is 1.01 bits per heavy atom. The second-order valence-corrected chi connectivity index (χ2v) is 24.0. The van der Waals surface area contributed by atoms with Crippen molar-refractivity contribution in [2.75, 3.05) is 55.9 Å². The third kappa shape index (κ3) is 22.7. The molecule has 81 heavy (non-hydrogen) atoms. The van der Waals surface area contributed by atoms with Crippen LogP contribution in [0.15, 0.2) is 12.2 Å². The molecular weight excluding hydrogens is 1040 g/mol. The summed E-state index contributed by atoms with van der Waals surface area (Å²) in [7, 11) is 9.80. The van der Waals surface area contributed by atoms with Gasteiger partial charge < -0.3 is 55.2 Å². The lowest BCUT2D eigenvalue weighted by Gasteiger charge is -2.42. The molecule has 0 aromatic carbocycles. The van der Waals surface area contributed by atoms with E-state index >= 15 is 9.59 Å². The average Bonchev–Trinajstić information content (AvgIpc) is 3.38. The van der Waals surface area contributed by atoms with Crippen molar-refractivity contribution < 1.29 is 62.2 Å². The summed E-state index contributed by atoms with van der Waals surface area (Å²) in [6.45, 7) is 27.4. The van der Waals surface area contributed by atoms with Crippen molar-refractivity contribution in [2.45, 2.75) is 204 Å². The number of carbonyl (C=O) groups excluding carboxylic acids is 11. The minimum atomic E-state index is -1.54. The van der Waals surface area contributed by atoms with Gasteiger partial charge in [-0.15, -0.1) is 0 Å². The predicted molar refractivity (Wildman–Crippen MR) is 311 cm³/mol. The van der Waals surface area contributed by atoms with Gasteiger partial charge in [0.15, 0.2) is 5.78 Å². The first kappa shape index (κ1) is 75.1. The van der Waals surface area contributed by atoms with Crippen LogP contribution in [0.5, 0.6) is 0 Å². The molecule has 0 radical (unpaired) electrons. The van der Waals surface area contributed by atoms with Crippen LogP contribution in [0.25, 0.3) is 0 Å². The number of ketones is 1. The number of ether oxygens (including phenoxy) is 2. The molecule has 0 spiro atoms. The van der Waals surface area contributed by atoms with Crippen LogP contribution in [0.2, 0.25) is 0 Å². The molecule has 22 nitrogen and oxygen atoms in total. The van der Waals surface area contributed by atoms with Crippen molar-refractivity contribution in [3.8, 4) is 0 Å². The summed E-state index contributed by atoms with van der Waals surface area (Å²) in [5, 5.41) is 5.45. The molecule has 464 valence electrons. The first-order chi connectivity index (χ1) is 37.4. The van der Waals surface area contributed by atoms with Crippen LogP contribution in [0.1, 0.15) is 149 Å². The highest BCUT2D eigenvalue weighted by Gasteiger charge is 2.46. The average molecular weight is 1150 g/mol. The molecule has 0 aliphatic rings. The summed E-state index contributed by atoms with van der Waals surface area (Å²) in [5.74, 6) is -9.12. The number of hydrogen-bond acceptors (Lipinski definition) is 14. The van der Waals surface area contributed by atoms with Gasteiger partial charge in [0.05, 0.1) is 19.2 Å². The van der Waals surface area contributed by atoms with Gasteiger partial charge >= 0.3 is 11.9 Å². The van der Waals surface area contributed by atoms with E-state index in [4.69, 9.17) is 15.2 Å². The lowest BCUT2D eigenvalue weighted by atomic mass is 9.91. The molecule has 0 fully saturated rings. The zero-order chi connectivity index (χ0) is 63.2. The summed E-state index contributed by atoms with van der Waals surface area (Å²) in [5.41, 5.74) is 6.16. The van der Waals surface area contributed by atoms with Gasteiger partial charge in [-0.3, -0.25) is 52.7 Å².